The van der Waals surface area contributed by atoms with Crippen LogP contribution in [0, 0.1) is 5.41 Å². The lowest BCUT2D eigenvalue weighted by Crippen LogP contribution is -2.33. The number of benzene rings is 1. The van der Waals surface area contributed by atoms with Crippen LogP contribution in [0.25, 0.3) is 0 Å². The Bertz CT molecular complexity index is 454. The van der Waals surface area contributed by atoms with Crippen molar-refractivity contribution in [3.63, 3.8) is 0 Å². The highest BCUT2D eigenvalue weighted by molar-refractivity contribution is 5.76. The minimum Gasteiger partial charge on any atom is -0.493 e. The van der Waals surface area contributed by atoms with Crippen molar-refractivity contribution in [3.8, 4) is 5.75 Å². The summed E-state index contributed by atoms with van der Waals surface area (Å²) in [7, 11) is 1.41. The quantitative estimate of drug-likeness (QED) is 0.831. The number of methoxy groups -OCH3 is 1. The fourth-order valence-corrected chi connectivity index (χ4v) is 1.97. The minimum atomic E-state index is -0.537. The van der Waals surface area contributed by atoms with E-state index in [9.17, 15) is 4.79 Å². The maximum atomic E-state index is 11.6. The van der Waals surface area contributed by atoms with E-state index >= 15 is 0 Å². The van der Waals surface area contributed by atoms with Crippen LogP contribution in [0.4, 0.5) is 5.69 Å². The summed E-state index contributed by atoms with van der Waals surface area (Å²) in [5.41, 5.74) is 1.69. The second-order valence-electron chi connectivity index (χ2n) is 5.15. The van der Waals surface area contributed by atoms with Gasteiger partial charge in [0.15, 0.2) is 0 Å². The van der Waals surface area contributed by atoms with Crippen molar-refractivity contribution in [2.24, 2.45) is 5.41 Å². The Morgan fingerprint density at radius 1 is 1.50 bits per heavy atom. The third-order valence-electron chi connectivity index (χ3n) is 3.16. The summed E-state index contributed by atoms with van der Waals surface area (Å²) in [4.78, 5) is 11.6. The summed E-state index contributed by atoms with van der Waals surface area (Å²) in [5.74, 6) is 0.757. The largest absolute Gasteiger partial charge is 0.493 e. The van der Waals surface area contributed by atoms with Crippen LogP contribution >= 0.6 is 0 Å². The van der Waals surface area contributed by atoms with Crippen LogP contribution in [0.2, 0.25) is 0 Å². The Morgan fingerprint density at radius 2 is 2.28 bits per heavy atom. The number of ether oxygens (including phenoxy) is 2. The zero-order valence-corrected chi connectivity index (χ0v) is 11.1. The van der Waals surface area contributed by atoms with Gasteiger partial charge in [0, 0.05) is 18.7 Å². The fraction of sp³-hybridized carbons (Fsp3) is 0.500. The molecule has 4 heteroatoms. The smallest absolute Gasteiger partial charge is 0.313 e. The number of nitrogens with one attached hydrogen (secondary N) is 1. The monoisotopic (exact) mass is 249 g/mol. The van der Waals surface area contributed by atoms with E-state index < -0.39 is 5.41 Å². The van der Waals surface area contributed by atoms with Gasteiger partial charge in [0.2, 0.25) is 0 Å². The van der Waals surface area contributed by atoms with Crippen molar-refractivity contribution in [1.29, 1.82) is 0 Å². The number of rotatable bonds is 4. The SMILES string of the molecule is COC(=O)C(C)(C)CNc1ccc2c(c1)CCO2. The molecule has 0 spiro atoms. The van der Waals surface area contributed by atoms with E-state index in [4.69, 9.17) is 9.47 Å². The van der Waals surface area contributed by atoms with E-state index in [1.165, 1.54) is 12.7 Å². The van der Waals surface area contributed by atoms with Gasteiger partial charge in [0.1, 0.15) is 5.75 Å². The lowest BCUT2D eigenvalue weighted by Gasteiger charge is -2.22. The number of fused-ring (bicyclic) bond motifs is 1. The van der Waals surface area contributed by atoms with Crippen molar-refractivity contribution >= 4 is 11.7 Å². The van der Waals surface area contributed by atoms with Crippen LogP contribution in [-0.2, 0) is 16.0 Å². The molecule has 0 aliphatic carbocycles. The molecule has 1 N–H and O–H groups in total. The van der Waals surface area contributed by atoms with E-state index in [2.05, 4.69) is 11.4 Å². The number of carbonyl (C=O) groups is 1. The Balaban J connectivity index is 2.00. The zero-order valence-electron chi connectivity index (χ0n) is 11.1. The fourth-order valence-electron chi connectivity index (χ4n) is 1.97. The molecule has 0 fully saturated rings. The van der Waals surface area contributed by atoms with Gasteiger partial charge in [0.25, 0.3) is 0 Å². The number of anilines is 1. The lowest BCUT2D eigenvalue weighted by molar-refractivity contribution is -0.149. The molecule has 0 amide bonds. The number of carbonyl (C=O) groups excluding carboxylic acids is 1. The Kier molecular flexibility index (Phi) is 3.45. The van der Waals surface area contributed by atoms with Crippen LogP contribution in [0.5, 0.6) is 5.75 Å². The molecule has 2 rings (SSSR count). The molecule has 1 aromatic carbocycles. The molecule has 0 bridgehead atoms. The molecule has 18 heavy (non-hydrogen) atoms. The predicted octanol–water partition coefficient (Wildman–Crippen LogP) is 2.23. The molecule has 0 radical (unpaired) electrons. The van der Waals surface area contributed by atoms with Crippen molar-refractivity contribution in [2.45, 2.75) is 20.3 Å². The summed E-state index contributed by atoms with van der Waals surface area (Å²) in [6.07, 6.45) is 0.950. The normalized spacial score (nSPS) is 13.7. The first-order valence-corrected chi connectivity index (χ1v) is 6.11. The zero-order chi connectivity index (χ0) is 13.2. The van der Waals surface area contributed by atoms with Gasteiger partial charge in [-0.2, -0.15) is 0 Å². The summed E-state index contributed by atoms with van der Waals surface area (Å²) in [5, 5.41) is 3.27. The first kappa shape index (κ1) is 12.7. The van der Waals surface area contributed by atoms with Crippen LogP contribution in [-0.4, -0.2) is 26.2 Å². The Labute approximate surface area is 107 Å². The molecule has 1 aliphatic heterocycles. The van der Waals surface area contributed by atoms with Crippen LogP contribution in [0.15, 0.2) is 18.2 Å². The average molecular weight is 249 g/mol. The Hall–Kier alpha value is -1.71. The highest BCUT2D eigenvalue weighted by Crippen LogP contribution is 2.28. The van der Waals surface area contributed by atoms with Gasteiger partial charge in [-0.1, -0.05) is 0 Å². The molecule has 1 heterocycles. The van der Waals surface area contributed by atoms with Crippen LogP contribution in [0.3, 0.4) is 0 Å². The van der Waals surface area contributed by atoms with E-state index in [1.807, 2.05) is 26.0 Å². The van der Waals surface area contributed by atoms with Crippen molar-refractivity contribution in [2.75, 3.05) is 25.6 Å². The molecular weight excluding hydrogens is 230 g/mol. The van der Waals surface area contributed by atoms with Crippen molar-refractivity contribution in [1.82, 2.24) is 0 Å². The summed E-state index contributed by atoms with van der Waals surface area (Å²) in [6.45, 7) is 5.02. The molecular formula is C14H19NO3. The Morgan fingerprint density at radius 3 is 3.00 bits per heavy atom. The van der Waals surface area contributed by atoms with Crippen molar-refractivity contribution < 1.29 is 14.3 Å². The highest BCUT2D eigenvalue weighted by atomic mass is 16.5. The minimum absolute atomic E-state index is 0.209. The molecule has 0 aromatic heterocycles. The predicted molar refractivity (Wildman–Crippen MR) is 69.9 cm³/mol. The lowest BCUT2D eigenvalue weighted by atomic mass is 9.93. The average Bonchev–Trinajstić information content (AvgIpc) is 2.82. The third kappa shape index (κ3) is 2.58. The molecule has 1 aliphatic rings. The van der Waals surface area contributed by atoms with Crippen LogP contribution < -0.4 is 10.1 Å². The van der Waals surface area contributed by atoms with Gasteiger partial charge in [-0.25, -0.2) is 0 Å². The van der Waals surface area contributed by atoms with E-state index in [1.54, 1.807) is 0 Å². The summed E-state index contributed by atoms with van der Waals surface area (Å²) in [6, 6.07) is 6.02. The number of hydrogen-bond donors (Lipinski definition) is 1. The number of hydrogen-bond acceptors (Lipinski definition) is 4. The topological polar surface area (TPSA) is 47.6 Å². The van der Waals surface area contributed by atoms with Crippen LogP contribution in [0.1, 0.15) is 19.4 Å². The molecule has 1 aromatic rings. The standard InChI is InChI=1S/C14H19NO3/c1-14(2,13(16)17-3)9-15-11-4-5-12-10(8-11)6-7-18-12/h4-5,8,15H,6-7,9H2,1-3H3. The molecule has 4 nitrogen and oxygen atoms in total. The second-order valence-corrected chi connectivity index (χ2v) is 5.15. The molecule has 98 valence electrons. The molecule has 0 atom stereocenters. The summed E-state index contributed by atoms with van der Waals surface area (Å²) < 4.78 is 10.2. The van der Waals surface area contributed by atoms with E-state index in [-0.39, 0.29) is 5.97 Å². The highest BCUT2D eigenvalue weighted by Gasteiger charge is 2.28. The summed E-state index contributed by atoms with van der Waals surface area (Å²) >= 11 is 0. The van der Waals surface area contributed by atoms with Crippen molar-refractivity contribution in [3.05, 3.63) is 23.8 Å². The van der Waals surface area contributed by atoms with Gasteiger partial charge in [-0.3, -0.25) is 4.79 Å². The first-order chi connectivity index (χ1) is 8.53. The van der Waals surface area contributed by atoms with E-state index in [0.29, 0.717) is 6.54 Å². The van der Waals surface area contributed by atoms with Gasteiger partial charge in [-0.15, -0.1) is 0 Å². The van der Waals surface area contributed by atoms with Gasteiger partial charge < -0.3 is 14.8 Å². The first-order valence-electron chi connectivity index (χ1n) is 6.11. The van der Waals surface area contributed by atoms with Gasteiger partial charge in [0.05, 0.1) is 19.1 Å². The van der Waals surface area contributed by atoms with Gasteiger partial charge >= 0.3 is 5.97 Å². The molecule has 0 unspecified atom stereocenters. The second kappa shape index (κ2) is 4.88. The van der Waals surface area contributed by atoms with E-state index in [0.717, 1.165) is 24.5 Å². The molecule has 0 saturated carbocycles. The van der Waals surface area contributed by atoms with Gasteiger partial charge in [-0.05, 0) is 37.6 Å². The molecule has 0 saturated heterocycles. The maximum Gasteiger partial charge on any atom is 0.313 e. The number of esters is 1. The maximum absolute atomic E-state index is 11.6. The third-order valence-corrected chi connectivity index (χ3v) is 3.16.